The molecule has 2 aliphatic carbocycles. The van der Waals surface area contributed by atoms with Crippen molar-refractivity contribution in [3.05, 3.63) is 63.0 Å². The van der Waals surface area contributed by atoms with E-state index in [9.17, 15) is 0 Å². The molecular weight excluding hydrogens is 360 g/mol. The Balaban J connectivity index is -0.000000340. The van der Waals surface area contributed by atoms with Gasteiger partial charge >= 0.3 is 30.2 Å². The minimum absolute atomic E-state index is 0. The van der Waals surface area contributed by atoms with Crippen LogP contribution in [0.4, 0.5) is 0 Å². The molecule has 0 saturated heterocycles. The second-order valence-electron chi connectivity index (χ2n) is 4.85. The van der Waals surface area contributed by atoms with Gasteiger partial charge in [0.05, 0.1) is 0 Å². The van der Waals surface area contributed by atoms with Gasteiger partial charge in [-0.15, -0.1) is 12.8 Å². The van der Waals surface area contributed by atoms with E-state index in [0.29, 0.717) is 0 Å². The van der Waals surface area contributed by atoms with Gasteiger partial charge < -0.3 is 14.9 Å². The van der Waals surface area contributed by atoms with E-state index >= 15 is 0 Å². The summed E-state index contributed by atoms with van der Waals surface area (Å²) in [7, 11) is 0. The first-order chi connectivity index (χ1) is 9.93. The van der Waals surface area contributed by atoms with E-state index in [0.717, 1.165) is 12.8 Å². The molecule has 2 rings (SSSR count). The molecule has 0 saturated carbocycles. The summed E-state index contributed by atoms with van der Waals surface area (Å²) >= 11 is 1.58. The van der Waals surface area contributed by atoms with Gasteiger partial charge in [-0.2, -0.15) is 12.2 Å². The van der Waals surface area contributed by atoms with Crippen molar-refractivity contribution in [3.8, 4) is 0 Å². The van der Waals surface area contributed by atoms with E-state index in [-0.39, 0.29) is 14.9 Å². The SMILES string of the molecule is CCCCCCCCC1=CC[C-]=C1.[C-]1=CC=CC1.[CH3-].[CH3-].[SiH2]=[Zr]. The molecule has 0 N–H and O–H groups in total. The third kappa shape index (κ3) is 18.1. The van der Waals surface area contributed by atoms with Crippen molar-refractivity contribution >= 4 is 6.88 Å². The fourth-order valence-electron chi connectivity index (χ4n) is 2.06. The zero-order valence-electron chi connectivity index (χ0n) is 15.0. The number of hydrogen-bond donors (Lipinski definition) is 0. The maximum atomic E-state index is 3.22. The van der Waals surface area contributed by atoms with E-state index in [1.165, 1.54) is 50.5 Å². The van der Waals surface area contributed by atoms with Gasteiger partial charge in [-0.25, -0.2) is 23.8 Å². The van der Waals surface area contributed by atoms with Crippen LogP contribution in [0.2, 0.25) is 0 Å². The Morgan fingerprint density at radius 3 is 2.14 bits per heavy atom. The molecule has 0 aromatic carbocycles. The van der Waals surface area contributed by atoms with Crippen LogP contribution >= 0.6 is 0 Å². The van der Waals surface area contributed by atoms with Crippen LogP contribution in [-0.4, -0.2) is 6.88 Å². The molecule has 126 valence electrons. The molecule has 0 aromatic rings. The Labute approximate surface area is 157 Å². The quantitative estimate of drug-likeness (QED) is 0.295. The molecule has 0 nitrogen and oxygen atoms in total. The van der Waals surface area contributed by atoms with Gasteiger partial charge in [-0.05, 0) is 0 Å². The van der Waals surface area contributed by atoms with Gasteiger partial charge in [-0.1, -0.05) is 51.9 Å². The van der Waals surface area contributed by atoms with Crippen molar-refractivity contribution in [1.29, 1.82) is 0 Å². The second kappa shape index (κ2) is 23.3. The number of unbranched alkanes of at least 4 members (excludes halogenated alkanes) is 5. The van der Waals surface area contributed by atoms with Crippen LogP contribution in [0.5, 0.6) is 0 Å². The molecule has 0 bridgehead atoms. The van der Waals surface area contributed by atoms with Crippen molar-refractivity contribution in [2.24, 2.45) is 0 Å². The average Bonchev–Trinajstić information content (AvgIpc) is 3.20. The number of rotatable bonds is 7. The molecule has 0 heterocycles. The van der Waals surface area contributed by atoms with E-state index in [1.807, 2.05) is 19.0 Å². The van der Waals surface area contributed by atoms with Crippen LogP contribution in [0.1, 0.15) is 64.7 Å². The van der Waals surface area contributed by atoms with Gasteiger partial charge in [0.25, 0.3) is 0 Å². The fraction of sp³-hybridized carbons (Fsp3) is 0.500. The molecule has 2 aliphatic rings. The summed E-state index contributed by atoms with van der Waals surface area (Å²) in [5.74, 6) is 0. The zero-order valence-corrected chi connectivity index (χ0v) is 18.8. The molecule has 0 amide bonds. The topological polar surface area (TPSA) is 0 Å². The molecule has 22 heavy (non-hydrogen) atoms. The van der Waals surface area contributed by atoms with Gasteiger partial charge in [0.2, 0.25) is 0 Å². The predicted octanol–water partition coefficient (Wildman–Crippen LogP) is 5.71. The van der Waals surface area contributed by atoms with Crippen LogP contribution < -0.4 is 0 Å². The summed E-state index contributed by atoms with van der Waals surface area (Å²) < 4.78 is 0. The predicted molar refractivity (Wildman–Crippen MR) is 101 cm³/mol. The van der Waals surface area contributed by atoms with Crippen LogP contribution in [0.3, 0.4) is 0 Å². The van der Waals surface area contributed by atoms with Crippen LogP contribution in [0, 0.1) is 27.0 Å². The summed E-state index contributed by atoms with van der Waals surface area (Å²) in [5, 5.41) is 0. The van der Waals surface area contributed by atoms with Gasteiger partial charge in [0.1, 0.15) is 0 Å². The molecule has 0 atom stereocenters. The normalized spacial score (nSPS) is 13.0. The van der Waals surface area contributed by atoms with Crippen molar-refractivity contribution in [3.63, 3.8) is 0 Å². The van der Waals surface area contributed by atoms with Crippen molar-refractivity contribution in [2.75, 3.05) is 0 Å². The second-order valence-corrected chi connectivity index (χ2v) is 4.85. The van der Waals surface area contributed by atoms with E-state index in [1.54, 1.807) is 23.3 Å². The first-order valence-corrected chi connectivity index (χ1v) is 13.7. The Kier molecular flexibility index (Phi) is 28.6. The first-order valence-electron chi connectivity index (χ1n) is 7.76. The standard InChI is InChI=1S/C13H21.C5H5.2CH3.H2Si.Zr/c1-2-3-4-5-6-7-10-13-11-8-9-12-13;1-2-4-5-3-1;;;;/h11-12H,2-8,10H2,1H3;1-3H,4H2;2*1H3;1H2;/q4*-1;;. The fourth-order valence-corrected chi connectivity index (χ4v) is 2.06. The van der Waals surface area contributed by atoms with E-state index in [4.69, 9.17) is 0 Å². The number of hydrogen-bond acceptors (Lipinski definition) is 0. The Morgan fingerprint density at radius 2 is 1.68 bits per heavy atom. The molecule has 0 spiro atoms. The van der Waals surface area contributed by atoms with Crippen molar-refractivity contribution < 1.29 is 23.3 Å². The third-order valence-electron chi connectivity index (χ3n) is 3.17. The van der Waals surface area contributed by atoms with Crippen LogP contribution in [-0.2, 0) is 23.3 Å². The third-order valence-corrected chi connectivity index (χ3v) is 3.17. The molecular formula is C20H34SiZr-4. The van der Waals surface area contributed by atoms with Gasteiger partial charge in [0, 0.05) is 0 Å². The van der Waals surface area contributed by atoms with Crippen molar-refractivity contribution in [2.45, 2.75) is 64.7 Å². The number of allylic oxidation sites excluding steroid dienone is 8. The molecule has 0 aromatic heterocycles. The Hall–Kier alpha value is 0.0600. The van der Waals surface area contributed by atoms with E-state index in [2.05, 4.69) is 37.3 Å². The monoisotopic (exact) mass is 392 g/mol. The first kappa shape index (κ1) is 26.9. The van der Waals surface area contributed by atoms with Gasteiger partial charge in [-0.3, -0.25) is 12.2 Å². The summed E-state index contributed by atoms with van der Waals surface area (Å²) in [4.78, 5) is 0. The minimum atomic E-state index is 0. The maximum absolute atomic E-state index is 3.22. The molecule has 0 fully saturated rings. The molecule has 2 heteroatoms. The van der Waals surface area contributed by atoms with Crippen LogP contribution in [0.15, 0.2) is 36.0 Å². The van der Waals surface area contributed by atoms with Gasteiger partial charge in [0.15, 0.2) is 0 Å². The summed E-state index contributed by atoms with van der Waals surface area (Å²) in [6.07, 6.45) is 28.4. The summed E-state index contributed by atoms with van der Waals surface area (Å²) in [6.45, 7) is 4.22. The molecule has 0 unspecified atom stereocenters. The average molecular weight is 394 g/mol. The van der Waals surface area contributed by atoms with E-state index < -0.39 is 0 Å². The Bertz CT molecular complexity index is 317. The summed E-state index contributed by atoms with van der Waals surface area (Å²) in [5.41, 5.74) is 1.51. The van der Waals surface area contributed by atoms with Crippen LogP contribution in [0.25, 0.3) is 0 Å². The zero-order chi connectivity index (χ0) is 14.9. The molecule has 0 aliphatic heterocycles. The van der Waals surface area contributed by atoms with Crippen molar-refractivity contribution in [1.82, 2.24) is 0 Å². The Morgan fingerprint density at radius 1 is 1.00 bits per heavy atom. The summed E-state index contributed by atoms with van der Waals surface area (Å²) in [6, 6.07) is 0. The molecule has 0 radical (unpaired) electrons.